The number of ether oxygens (including phenoxy) is 1. The SMILES string of the molecule is O=C1[C@H](Cc2ccc(C(F)(F)F)cc2)CCn2cc(nn2)COC[C@@H]2CCCCN12. The lowest BCUT2D eigenvalue weighted by molar-refractivity contribution is -0.141. The molecule has 0 N–H and O–H groups in total. The Balaban J connectivity index is 1.56. The van der Waals surface area contributed by atoms with Crippen molar-refractivity contribution < 1.29 is 22.7 Å². The Hall–Kier alpha value is -2.42. The topological polar surface area (TPSA) is 60.3 Å². The lowest BCUT2D eigenvalue weighted by atomic mass is 9.92. The van der Waals surface area contributed by atoms with Crippen molar-refractivity contribution >= 4 is 5.91 Å². The Morgan fingerprint density at radius 1 is 1.10 bits per heavy atom. The fourth-order valence-corrected chi connectivity index (χ4v) is 4.23. The maximum absolute atomic E-state index is 13.4. The minimum absolute atomic E-state index is 0.0239. The van der Waals surface area contributed by atoms with Gasteiger partial charge in [0.15, 0.2) is 0 Å². The lowest BCUT2D eigenvalue weighted by Gasteiger charge is -2.38. The summed E-state index contributed by atoms with van der Waals surface area (Å²) in [6.07, 6.45) is 1.29. The lowest BCUT2D eigenvalue weighted by Crippen LogP contribution is -2.49. The molecule has 2 atom stereocenters. The summed E-state index contributed by atoms with van der Waals surface area (Å²) in [7, 11) is 0. The van der Waals surface area contributed by atoms with E-state index in [1.54, 1.807) is 4.68 Å². The molecular weight excluding hydrogens is 397 g/mol. The predicted octanol–water partition coefficient (Wildman–Crippen LogP) is 3.46. The van der Waals surface area contributed by atoms with Crippen LogP contribution in [0, 0.1) is 5.92 Å². The second-order valence-electron chi connectivity index (χ2n) is 8.05. The van der Waals surface area contributed by atoms with Crippen molar-refractivity contribution in [1.82, 2.24) is 19.9 Å². The third-order valence-corrected chi connectivity index (χ3v) is 5.88. The fourth-order valence-electron chi connectivity index (χ4n) is 4.23. The monoisotopic (exact) mass is 422 g/mol. The van der Waals surface area contributed by atoms with E-state index >= 15 is 0 Å². The van der Waals surface area contributed by atoms with E-state index in [4.69, 9.17) is 4.74 Å². The van der Waals surface area contributed by atoms with Crippen LogP contribution in [0.2, 0.25) is 0 Å². The third-order valence-electron chi connectivity index (χ3n) is 5.88. The van der Waals surface area contributed by atoms with Gasteiger partial charge < -0.3 is 9.64 Å². The molecule has 4 rings (SSSR count). The average molecular weight is 422 g/mol. The summed E-state index contributed by atoms with van der Waals surface area (Å²) in [6.45, 7) is 2.03. The van der Waals surface area contributed by atoms with E-state index in [1.165, 1.54) is 12.1 Å². The second-order valence-corrected chi connectivity index (χ2v) is 8.05. The first-order valence-electron chi connectivity index (χ1n) is 10.3. The molecule has 3 heterocycles. The van der Waals surface area contributed by atoms with Gasteiger partial charge in [-0.2, -0.15) is 13.2 Å². The van der Waals surface area contributed by atoms with E-state index in [0.29, 0.717) is 39.1 Å². The van der Waals surface area contributed by atoms with Gasteiger partial charge in [-0.05, 0) is 49.8 Å². The highest BCUT2D eigenvalue weighted by molar-refractivity contribution is 5.79. The molecular formula is C21H25F3N4O2. The number of piperidine rings is 1. The van der Waals surface area contributed by atoms with E-state index in [1.807, 2.05) is 11.1 Å². The van der Waals surface area contributed by atoms with E-state index in [2.05, 4.69) is 10.3 Å². The zero-order chi connectivity index (χ0) is 21.1. The first-order valence-corrected chi connectivity index (χ1v) is 10.3. The van der Waals surface area contributed by atoms with Gasteiger partial charge in [-0.3, -0.25) is 9.48 Å². The van der Waals surface area contributed by atoms with Crippen LogP contribution in [0.5, 0.6) is 0 Å². The van der Waals surface area contributed by atoms with Crippen LogP contribution in [0.25, 0.3) is 0 Å². The van der Waals surface area contributed by atoms with E-state index < -0.39 is 11.7 Å². The van der Waals surface area contributed by atoms with Crippen LogP contribution in [0.1, 0.15) is 42.5 Å². The maximum atomic E-state index is 13.4. The molecule has 1 saturated heterocycles. The van der Waals surface area contributed by atoms with Gasteiger partial charge >= 0.3 is 6.18 Å². The number of halogens is 3. The first-order chi connectivity index (χ1) is 14.4. The number of aromatic nitrogens is 3. The van der Waals surface area contributed by atoms with Crippen LogP contribution >= 0.6 is 0 Å². The molecule has 1 aromatic carbocycles. The molecule has 2 aromatic rings. The van der Waals surface area contributed by atoms with Crippen molar-refractivity contribution in [2.24, 2.45) is 5.92 Å². The smallest absolute Gasteiger partial charge is 0.373 e. The zero-order valence-electron chi connectivity index (χ0n) is 16.6. The number of hydrogen-bond acceptors (Lipinski definition) is 4. The second kappa shape index (κ2) is 8.75. The van der Waals surface area contributed by atoms with Gasteiger partial charge in [0.1, 0.15) is 5.69 Å². The third kappa shape index (κ3) is 4.83. The normalized spacial score (nSPS) is 23.4. The Morgan fingerprint density at radius 2 is 1.90 bits per heavy atom. The van der Waals surface area contributed by atoms with Crippen LogP contribution in [0.15, 0.2) is 30.5 Å². The summed E-state index contributed by atoms with van der Waals surface area (Å²) >= 11 is 0. The quantitative estimate of drug-likeness (QED) is 0.744. The summed E-state index contributed by atoms with van der Waals surface area (Å²) in [5, 5.41) is 8.20. The molecule has 6 nitrogen and oxygen atoms in total. The number of rotatable bonds is 2. The van der Waals surface area contributed by atoms with Crippen molar-refractivity contribution in [3.63, 3.8) is 0 Å². The standard InChI is InChI=1S/C21H25F3N4O2/c22-21(23,24)17-6-4-15(5-7-17)11-16-8-10-27-12-18(25-26-27)13-30-14-19-3-1-2-9-28(19)20(16)29/h4-7,12,16,19H,1-3,8-11,13-14H2/t16-,19-/m0/s1. The number of alkyl halides is 3. The molecule has 30 heavy (non-hydrogen) atoms. The van der Waals surface area contributed by atoms with Crippen LogP contribution in [0.3, 0.4) is 0 Å². The van der Waals surface area contributed by atoms with Gasteiger partial charge in [0, 0.05) is 19.0 Å². The Morgan fingerprint density at radius 3 is 2.67 bits per heavy atom. The van der Waals surface area contributed by atoms with Gasteiger partial charge in [-0.1, -0.05) is 17.3 Å². The Bertz CT molecular complexity index is 866. The van der Waals surface area contributed by atoms with Crippen molar-refractivity contribution in [1.29, 1.82) is 0 Å². The number of benzene rings is 1. The average Bonchev–Trinajstić information content (AvgIpc) is 3.18. The maximum Gasteiger partial charge on any atom is 0.416 e. The van der Waals surface area contributed by atoms with Crippen molar-refractivity contribution in [2.45, 2.75) is 57.5 Å². The summed E-state index contributed by atoms with van der Waals surface area (Å²) in [6, 6.07) is 5.12. The molecule has 2 aliphatic heterocycles. The Kier molecular flexibility index (Phi) is 6.08. The van der Waals surface area contributed by atoms with Gasteiger partial charge in [0.25, 0.3) is 0 Å². The van der Waals surface area contributed by atoms with E-state index in [0.717, 1.165) is 42.7 Å². The Labute approximate surface area is 173 Å². The van der Waals surface area contributed by atoms with Gasteiger partial charge in [0.2, 0.25) is 5.91 Å². The molecule has 0 aliphatic carbocycles. The minimum Gasteiger partial charge on any atom is -0.373 e. The van der Waals surface area contributed by atoms with Crippen molar-refractivity contribution in [2.75, 3.05) is 13.2 Å². The van der Waals surface area contributed by atoms with Crippen LogP contribution in [0.4, 0.5) is 13.2 Å². The number of aryl methyl sites for hydroxylation is 1. The van der Waals surface area contributed by atoms with Crippen LogP contribution in [-0.2, 0) is 35.3 Å². The number of fused-ring (bicyclic) bond motifs is 3. The number of hydrogen-bond donors (Lipinski definition) is 0. The van der Waals surface area contributed by atoms with E-state index in [9.17, 15) is 18.0 Å². The largest absolute Gasteiger partial charge is 0.416 e. The van der Waals surface area contributed by atoms with Gasteiger partial charge in [-0.25, -0.2) is 0 Å². The molecule has 0 unspecified atom stereocenters. The molecule has 2 bridgehead atoms. The summed E-state index contributed by atoms with van der Waals surface area (Å²) in [4.78, 5) is 15.4. The molecule has 2 aliphatic rings. The number of nitrogens with zero attached hydrogens (tertiary/aromatic N) is 4. The highest BCUT2D eigenvalue weighted by Gasteiger charge is 2.33. The summed E-state index contributed by atoms with van der Waals surface area (Å²) in [5.41, 5.74) is 0.792. The van der Waals surface area contributed by atoms with Crippen LogP contribution < -0.4 is 0 Å². The van der Waals surface area contributed by atoms with Crippen LogP contribution in [-0.4, -0.2) is 45.0 Å². The predicted molar refractivity (Wildman–Crippen MR) is 102 cm³/mol. The van der Waals surface area contributed by atoms with Gasteiger partial charge in [-0.15, -0.1) is 5.10 Å². The molecule has 0 radical (unpaired) electrons. The molecule has 1 amide bonds. The summed E-state index contributed by atoms with van der Waals surface area (Å²) in [5.74, 6) is -0.293. The van der Waals surface area contributed by atoms with Crippen molar-refractivity contribution in [3.05, 3.63) is 47.3 Å². The number of amides is 1. The van der Waals surface area contributed by atoms with Gasteiger partial charge in [0.05, 0.1) is 31.0 Å². The minimum atomic E-state index is -4.37. The first kappa shape index (κ1) is 20.8. The highest BCUT2D eigenvalue weighted by Crippen LogP contribution is 2.30. The highest BCUT2D eigenvalue weighted by atomic mass is 19.4. The molecule has 162 valence electrons. The molecule has 0 spiro atoms. The molecule has 1 fully saturated rings. The number of carbonyl (C=O) groups is 1. The summed E-state index contributed by atoms with van der Waals surface area (Å²) < 4.78 is 46.1. The van der Waals surface area contributed by atoms with E-state index in [-0.39, 0.29) is 17.9 Å². The molecule has 0 saturated carbocycles. The molecule has 9 heteroatoms. The number of carbonyl (C=O) groups excluding carboxylic acids is 1. The van der Waals surface area contributed by atoms with Crippen molar-refractivity contribution in [3.8, 4) is 0 Å². The zero-order valence-corrected chi connectivity index (χ0v) is 16.6. The molecule has 1 aromatic heterocycles. The fraction of sp³-hybridized carbons (Fsp3) is 0.571.